The van der Waals surface area contributed by atoms with Gasteiger partial charge in [-0.05, 0) is 35.9 Å². The van der Waals surface area contributed by atoms with Crippen LogP contribution in [0.3, 0.4) is 0 Å². The van der Waals surface area contributed by atoms with Gasteiger partial charge in [0.15, 0.2) is 0 Å². The Kier molecular flexibility index (Phi) is 5.54. The highest BCUT2D eigenvalue weighted by Crippen LogP contribution is 2.46. The van der Waals surface area contributed by atoms with Gasteiger partial charge >= 0.3 is 0 Å². The average Bonchev–Trinajstić information content (AvgIpc) is 2.72. The number of nitrogens with zero attached hydrogens (tertiary/aromatic N) is 1. The maximum Gasteiger partial charge on any atom is 0.257 e. The Bertz CT molecular complexity index is 769. The summed E-state index contributed by atoms with van der Waals surface area (Å²) in [7, 11) is 1.59. The minimum atomic E-state index is -1.18. The van der Waals surface area contributed by atoms with Gasteiger partial charge in [0.2, 0.25) is 0 Å². The summed E-state index contributed by atoms with van der Waals surface area (Å²) in [5, 5.41) is 10.9. The zero-order valence-corrected chi connectivity index (χ0v) is 15.3. The second kappa shape index (κ2) is 7.66. The molecule has 0 bridgehead atoms. The number of thioether (sulfide) groups is 1. The SMILES string of the molecule is COc1ccc([C@@H]2Sc3cc(Cl)ccc3N(CCN)C(=O)[C@@H]2O)cc1. The topological polar surface area (TPSA) is 75.8 Å². The molecule has 0 saturated carbocycles. The van der Waals surface area contributed by atoms with Gasteiger partial charge in [0.05, 0.1) is 18.0 Å². The molecule has 3 rings (SSSR count). The van der Waals surface area contributed by atoms with Crippen molar-refractivity contribution >= 4 is 35.0 Å². The van der Waals surface area contributed by atoms with Crippen LogP contribution in [0.1, 0.15) is 10.8 Å². The maximum absolute atomic E-state index is 12.8. The van der Waals surface area contributed by atoms with E-state index in [2.05, 4.69) is 0 Å². The van der Waals surface area contributed by atoms with E-state index >= 15 is 0 Å². The summed E-state index contributed by atoms with van der Waals surface area (Å²) in [4.78, 5) is 15.2. The number of aliphatic hydroxyl groups is 1. The van der Waals surface area contributed by atoms with E-state index in [1.54, 1.807) is 19.2 Å². The lowest BCUT2D eigenvalue weighted by molar-refractivity contribution is -0.126. The molecule has 5 nitrogen and oxygen atoms in total. The monoisotopic (exact) mass is 378 g/mol. The predicted molar refractivity (Wildman–Crippen MR) is 100 cm³/mol. The van der Waals surface area contributed by atoms with Gasteiger partial charge in [0, 0.05) is 23.0 Å². The van der Waals surface area contributed by atoms with Gasteiger partial charge in [-0.3, -0.25) is 4.79 Å². The molecule has 2 aromatic rings. The van der Waals surface area contributed by atoms with Gasteiger partial charge in [-0.15, -0.1) is 11.8 Å². The summed E-state index contributed by atoms with van der Waals surface area (Å²) in [5.74, 6) is 0.358. The lowest BCUT2D eigenvalue weighted by atomic mass is 10.1. The Morgan fingerprint density at radius 3 is 2.64 bits per heavy atom. The third-order valence-electron chi connectivity index (χ3n) is 4.07. The molecule has 0 fully saturated rings. The van der Waals surface area contributed by atoms with Crippen LogP contribution >= 0.6 is 23.4 Å². The molecule has 1 heterocycles. The first-order valence-corrected chi connectivity index (χ1v) is 9.10. The number of hydrogen-bond acceptors (Lipinski definition) is 5. The van der Waals surface area contributed by atoms with E-state index in [0.717, 1.165) is 21.9 Å². The van der Waals surface area contributed by atoms with E-state index in [1.807, 2.05) is 30.3 Å². The number of carbonyl (C=O) groups excluding carboxylic acids is 1. The highest BCUT2D eigenvalue weighted by molar-refractivity contribution is 7.99. The molecule has 25 heavy (non-hydrogen) atoms. The molecule has 0 spiro atoms. The van der Waals surface area contributed by atoms with Crippen molar-refractivity contribution in [1.82, 2.24) is 0 Å². The normalized spacial score (nSPS) is 20.2. The predicted octanol–water partition coefficient (Wildman–Crippen LogP) is 2.85. The van der Waals surface area contributed by atoms with E-state index in [4.69, 9.17) is 22.1 Å². The molecule has 0 aromatic heterocycles. The van der Waals surface area contributed by atoms with Crippen LogP contribution in [-0.4, -0.2) is 37.3 Å². The van der Waals surface area contributed by atoms with Crippen LogP contribution in [0.15, 0.2) is 47.4 Å². The number of nitrogens with two attached hydrogens (primary N) is 1. The Balaban J connectivity index is 2.05. The molecule has 7 heteroatoms. The number of methoxy groups -OCH3 is 1. The highest BCUT2D eigenvalue weighted by atomic mass is 35.5. The van der Waals surface area contributed by atoms with Crippen molar-refractivity contribution in [2.45, 2.75) is 16.2 Å². The Labute approximate surface area is 155 Å². The van der Waals surface area contributed by atoms with Crippen molar-refractivity contribution in [3.05, 3.63) is 53.1 Å². The summed E-state index contributed by atoms with van der Waals surface area (Å²) >= 11 is 7.56. The van der Waals surface area contributed by atoms with Crippen LogP contribution < -0.4 is 15.4 Å². The van der Waals surface area contributed by atoms with Crippen molar-refractivity contribution in [2.75, 3.05) is 25.1 Å². The molecule has 0 unspecified atom stereocenters. The smallest absolute Gasteiger partial charge is 0.257 e. The van der Waals surface area contributed by atoms with Gasteiger partial charge in [0.25, 0.3) is 5.91 Å². The largest absolute Gasteiger partial charge is 0.497 e. The molecule has 3 N–H and O–H groups in total. The van der Waals surface area contributed by atoms with Crippen LogP contribution in [0.2, 0.25) is 5.02 Å². The fraction of sp³-hybridized carbons (Fsp3) is 0.278. The Morgan fingerprint density at radius 2 is 2.00 bits per heavy atom. The van der Waals surface area contributed by atoms with Gasteiger partial charge < -0.3 is 20.5 Å². The molecule has 1 aliphatic rings. The van der Waals surface area contributed by atoms with Crippen LogP contribution in [0.4, 0.5) is 5.69 Å². The Hall–Kier alpha value is -1.73. The van der Waals surface area contributed by atoms with Gasteiger partial charge in [-0.25, -0.2) is 0 Å². The minimum Gasteiger partial charge on any atom is -0.497 e. The number of rotatable bonds is 4. The summed E-state index contributed by atoms with van der Waals surface area (Å²) in [6.45, 7) is 0.638. The molecule has 2 aromatic carbocycles. The molecule has 1 amide bonds. The summed E-state index contributed by atoms with van der Waals surface area (Å²) in [5.41, 5.74) is 7.22. The van der Waals surface area contributed by atoms with Gasteiger partial charge in [-0.1, -0.05) is 23.7 Å². The molecule has 0 aliphatic carbocycles. The number of halogens is 1. The molecule has 0 saturated heterocycles. The number of hydrogen-bond donors (Lipinski definition) is 2. The van der Waals surface area contributed by atoms with E-state index in [-0.39, 0.29) is 5.91 Å². The molecule has 132 valence electrons. The van der Waals surface area contributed by atoms with Gasteiger partial charge in [0.1, 0.15) is 11.9 Å². The molecule has 1 aliphatic heterocycles. The van der Waals surface area contributed by atoms with Crippen molar-refractivity contribution in [2.24, 2.45) is 5.73 Å². The minimum absolute atomic E-state index is 0.304. The quantitative estimate of drug-likeness (QED) is 0.855. The summed E-state index contributed by atoms with van der Waals surface area (Å²) < 4.78 is 5.17. The van der Waals surface area contributed by atoms with Crippen LogP contribution in [0, 0.1) is 0 Å². The molecule has 0 radical (unpaired) electrons. The second-order valence-electron chi connectivity index (χ2n) is 5.65. The Morgan fingerprint density at radius 1 is 1.28 bits per heavy atom. The van der Waals surface area contributed by atoms with Crippen molar-refractivity contribution in [3.63, 3.8) is 0 Å². The van der Waals surface area contributed by atoms with E-state index in [0.29, 0.717) is 18.1 Å². The highest BCUT2D eigenvalue weighted by Gasteiger charge is 2.37. The van der Waals surface area contributed by atoms with Crippen LogP contribution in [0.25, 0.3) is 0 Å². The van der Waals surface area contributed by atoms with Crippen molar-refractivity contribution < 1.29 is 14.6 Å². The third kappa shape index (κ3) is 3.62. The van der Waals surface area contributed by atoms with Crippen molar-refractivity contribution in [3.8, 4) is 5.75 Å². The van der Waals surface area contributed by atoms with E-state index < -0.39 is 11.4 Å². The standard InChI is InChI=1S/C18H19ClN2O3S/c1-24-13-5-2-11(3-6-13)17-16(22)18(23)21(9-8-20)14-7-4-12(19)10-15(14)25-17/h2-7,10,16-17,22H,8-9,20H2,1H3/t16-,17+/m1/s1. The zero-order chi connectivity index (χ0) is 18.0. The fourth-order valence-electron chi connectivity index (χ4n) is 2.82. The average molecular weight is 379 g/mol. The lowest BCUT2D eigenvalue weighted by Gasteiger charge is -2.24. The number of aliphatic hydroxyl groups excluding tert-OH is 1. The molecular weight excluding hydrogens is 360 g/mol. The number of fused-ring (bicyclic) bond motifs is 1. The number of benzene rings is 2. The number of ether oxygens (including phenoxy) is 1. The van der Waals surface area contributed by atoms with Crippen LogP contribution in [-0.2, 0) is 4.79 Å². The molecule has 2 atom stereocenters. The maximum atomic E-state index is 12.8. The zero-order valence-electron chi connectivity index (χ0n) is 13.7. The summed E-state index contributed by atoms with van der Waals surface area (Å²) in [6.07, 6.45) is -1.18. The second-order valence-corrected chi connectivity index (χ2v) is 7.27. The first kappa shape index (κ1) is 18.1. The number of anilines is 1. The van der Waals surface area contributed by atoms with Gasteiger partial charge in [-0.2, -0.15) is 0 Å². The van der Waals surface area contributed by atoms with E-state index in [9.17, 15) is 9.90 Å². The fourth-order valence-corrected chi connectivity index (χ4v) is 4.36. The first-order valence-electron chi connectivity index (χ1n) is 7.85. The molecular formula is C18H19ClN2O3S. The van der Waals surface area contributed by atoms with Crippen LogP contribution in [0.5, 0.6) is 5.75 Å². The first-order chi connectivity index (χ1) is 12.0. The lowest BCUT2D eigenvalue weighted by Crippen LogP contribution is -2.42. The van der Waals surface area contributed by atoms with E-state index in [1.165, 1.54) is 16.7 Å². The van der Waals surface area contributed by atoms with Crippen molar-refractivity contribution in [1.29, 1.82) is 0 Å². The number of carbonyl (C=O) groups is 1. The number of amides is 1. The summed E-state index contributed by atoms with van der Waals surface area (Å²) in [6, 6.07) is 12.7. The third-order valence-corrected chi connectivity index (χ3v) is 5.67.